The van der Waals surface area contributed by atoms with Gasteiger partial charge in [-0.05, 0) is 40.5 Å². The van der Waals surface area contributed by atoms with Crippen LogP contribution in [0, 0.1) is 6.92 Å². The lowest BCUT2D eigenvalue weighted by atomic mass is 10.2. The highest BCUT2D eigenvalue weighted by atomic mass is 79.9. The van der Waals surface area contributed by atoms with Crippen LogP contribution in [0.3, 0.4) is 0 Å². The molecule has 0 amide bonds. The fraction of sp³-hybridized carbons (Fsp3) is 0.333. The minimum atomic E-state index is 0.727. The summed E-state index contributed by atoms with van der Waals surface area (Å²) in [5, 5.41) is 0. The highest BCUT2D eigenvalue weighted by Gasteiger charge is 1.98. The van der Waals surface area contributed by atoms with Gasteiger partial charge in [-0.2, -0.15) is 0 Å². The van der Waals surface area contributed by atoms with Gasteiger partial charge in [-0.1, -0.05) is 6.07 Å². The number of benzene rings is 1. The van der Waals surface area contributed by atoms with Crippen molar-refractivity contribution < 1.29 is 0 Å². The number of halogens is 1. The van der Waals surface area contributed by atoms with Crippen LogP contribution >= 0.6 is 27.7 Å². The topological polar surface area (TPSA) is 26.0 Å². The molecule has 66 valence electrons. The molecule has 0 bridgehead atoms. The molecule has 0 aliphatic rings. The van der Waals surface area contributed by atoms with Crippen LogP contribution in [-0.4, -0.2) is 12.3 Å². The maximum absolute atomic E-state index is 5.42. The highest BCUT2D eigenvalue weighted by molar-refractivity contribution is 9.10. The maximum Gasteiger partial charge on any atom is 0.0313 e. The molecule has 0 unspecified atom stereocenters. The number of aryl methyl sites for hydroxylation is 1. The molecule has 0 aliphatic heterocycles. The molecule has 0 fully saturated rings. The normalized spacial score (nSPS) is 10.2. The monoisotopic (exact) mass is 245 g/mol. The number of thioether (sulfide) groups is 1. The quantitative estimate of drug-likeness (QED) is 0.830. The van der Waals surface area contributed by atoms with Gasteiger partial charge < -0.3 is 5.73 Å². The predicted octanol–water partition coefficient (Wildman–Crippen LogP) is 2.81. The Bertz CT molecular complexity index is 263. The Morgan fingerprint density at radius 3 is 2.83 bits per heavy atom. The molecule has 12 heavy (non-hydrogen) atoms. The van der Waals surface area contributed by atoms with E-state index in [0.29, 0.717) is 0 Å². The molecule has 3 heteroatoms. The van der Waals surface area contributed by atoms with Crippen molar-refractivity contribution in [2.75, 3.05) is 12.3 Å². The number of hydrogen-bond acceptors (Lipinski definition) is 2. The van der Waals surface area contributed by atoms with Crippen LogP contribution in [0.2, 0.25) is 0 Å². The van der Waals surface area contributed by atoms with Gasteiger partial charge >= 0.3 is 0 Å². The first-order chi connectivity index (χ1) is 5.74. The molecular formula is C9H12BrNS. The first-order valence-corrected chi connectivity index (χ1v) is 5.61. The Morgan fingerprint density at radius 1 is 1.50 bits per heavy atom. The summed E-state index contributed by atoms with van der Waals surface area (Å²) in [6.45, 7) is 2.81. The zero-order chi connectivity index (χ0) is 8.97. The average Bonchev–Trinajstić information content (AvgIpc) is 2.03. The number of hydrogen-bond donors (Lipinski definition) is 1. The van der Waals surface area contributed by atoms with E-state index in [0.717, 1.165) is 12.3 Å². The smallest absolute Gasteiger partial charge is 0.0313 e. The van der Waals surface area contributed by atoms with Crippen molar-refractivity contribution in [2.24, 2.45) is 5.73 Å². The van der Waals surface area contributed by atoms with Crippen molar-refractivity contribution >= 4 is 27.7 Å². The molecule has 0 saturated heterocycles. The minimum absolute atomic E-state index is 0.727. The largest absolute Gasteiger partial charge is 0.330 e. The summed E-state index contributed by atoms with van der Waals surface area (Å²) in [6.07, 6.45) is 0. The fourth-order valence-corrected chi connectivity index (χ4v) is 2.43. The minimum Gasteiger partial charge on any atom is -0.330 e. The summed E-state index contributed by atoms with van der Waals surface area (Å²) in [6, 6.07) is 6.36. The van der Waals surface area contributed by atoms with E-state index in [1.165, 1.54) is 14.9 Å². The summed E-state index contributed by atoms with van der Waals surface area (Å²) >= 11 is 5.30. The van der Waals surface area contributed by atoms with E-state index in [9.17, 15) is 0 Å². The van der Waals surface area contributed by atoms with Crippen LogP contribution in [0.4, 0.5) is 0 Å². The van der Waals surface area contributed by atoms with Gasteiger partial charge in [-0.25, -0.2) is 0 Å². The Hall–Kier alpha value is 0.01000. The van der Waals surface area contributed by atoms with E-state index in [1.54, 1.807) is 11.8 Å². The van der Waals surface area contributed by atoms with Crippen LogP contribution in [0.1, 0.15) is 5.56 Å². The number of rotatable bonds is 3. The van der Waals surface area contributed by atoms with Crippen molar-refractivity contribution in [2.45, 2.75) is 11.8 Å². The standard InChI is InChI=1S/C9H12BrNS/c1-7-2-3-9(8(10)6-7)12-5-4-11/h2-3,6H,4-5,11H2,1H3. The summed E-state index contributed by atoms with van der Waals surface area (Å²) in [5.41, 5.74) is 6.70. The van der Waals surface area contributed by atoms with Crippen molar-refractivity contribution in [3.05, 3.63) is 28.2 Å². The van der Waals surface area contributed by atoms with Gasteiger partial charge in [-0.3, -0.25) is 0 Å². The summed E-state index contributed by atoms with van der Waals surface area (Å²) < 4.78 is 1.17. The van der Waals surface area contributed by atoms with Gasteiger partial charge in [0.2, 0.25) is 0 Å². The molecule has 0 aliphatic carbocycles. The average molecular weight is 246 g/mol. The van der Waals surface area contributed by atoms with E-state index >= 15 is 0 Å². The van der Waals surface area contributed by atoms with Gasteiger partial charge in [0.05, 0.1) is 0 Å². The van der Waals surface area contributed by atoms with Crippen LogP contribution in [0.25, 0.3) is 0 Å². The Kier molecular flexibility index (Phi) is 4.12. The first-order valence-electron chi connectivity index (χ1n) is 3.83. The van der Waals surface area contributed by atoms with E-state index in [2.05, 4.69) is 41.1 Å². The molecule has 0 radical (unpaired) electrons. The molecule has 1 nitrogen and oxygen atoms in total. The molecule has 1 rings (SSSR count). The molecule has 0 aromatic heterocycles. The van der Waals surface area contributed by atoms with Gasteiger partial charge in [0.1, 0.15) is 0 Å². The number of nitrogens with two attached hydrogens (primary N) is 1. The Morgan fingerprint density at radius 2 is 2.25 bits per heavy atom. The lowest BCUT2D eigenvalue weighted by molar-refractivity contribution is 1.15. The molecule has 0 atom stereocenters. The van der Waals surface area contributed by atoms with Crippen molar-refractivity contribution in [1.29, 1.82) is 0 Å². The molecule has 2 N–H and O–H groups in total. The van der Waals surface area contributed by atoms with Crippen LogP contribution in [0.15, 0.2) is 27.6 Å². The second-order valence-electron chi connectivity index (χ2n) is 2.57. The zero-order valence-corrected chi connectivity index (χ0v) is 9.41. The third-order valence-electron chi connectivity index (χ3n) is 1.46. The lowest BCUT2D eigenvalue weighted by Crippen LogP contribution is -2.00. The Balaban J connectivity index is 2.72. The zero-order valence-electron chi connectivity index (χ0n) is 7.01. The highest BCUT2D eigenvalue weighted by Crippen LogP contribution is 2.27. The summed E-state index contributed by atoms with van der Waals surface area (Å²) in [7, 11) is 0. The SMILES string of the molecule is Cc1ccc(SCCN)c(Br)c1. The fourth-order valence-electron chi connectivity index (χ4n) is 0.892. The van der Waals surface area contributed by atoms with Crippen molar-refractivity contribution in [3.8, 4) is 0 Å². The molecule has 0 spiro atoms. The van der Waals surface area contributed by atoms with E-state index < -0.39 is 0 Å². The van der Waals surface area contributed by atoms with E-state index in [1.807, 2.05) is 0 Å². The third kappa shape index (κ3) is 2.81. The van der Waals surface area contributed by atoms with Crippen LogP contribution in [0.5, 0.6) is 0 Å². The second kappa shape index (κ2) is 4.90. The van der Waals surface area contributed by atoms with Crippen LogP contribution < -0.4 is 5.73 Å². The van der Waals surface area contributed by atoms with Gasteiger partial charge in [0.15, 0.2) is 0 Å². The lowest BCUT2D eigenvalue weighted by Gasteiger charge is -2.03. The van der Waals surface area contributed by atoms with Crippen molar-refractivity contribution in [3.63, 3.8) is 0 Å². The molecule has 0 heterocycles. The van der Waals surface area contributed by atoms with Gasteiger partial charge in [0, 0.05) is 21.7 Å². The predicted molar refractivity (Wildman–Crippen MR) is 58.7 cm³/mol. The molecule has 1 aromatic rings. The first kappa shape index (κ1) is 10.1. The second-order valence-corrected chi connectivity index (χ2v) is 4.56. The summed E-state index contributed by atoms with van der Waals surface area (Å²) in [4.78, 5) is 1.27. The van der Waals surface area contributed by atoms with E-state index in [-0.39, 0.29) is 0 Å². The van der Waals surface area contributed by atoms with Gasteiger partial charge in [-0.15, -0.1) is 11.8 Å². The molecular weight excluding hydrogens is 234 g/mol. The Labute approximate surface area is 85.9 Å². The van der Waals surface area contributed by atoms with E-state index in [4.69, 9.17) is 5.73 Å². The third-order valence-corrected chi connectivity index (χ3v) is 3.49. The maximum atomic E-state index is 5.42. The molecule has 1 aromatic carbocycles. The summed E-state index contributed by atoms with van der Waals surface area (Å²) in [5.74, 6) is 0.974. The molecule has 0 saturated carbocycles. The van der Waals surface area contributed by atoms with Gasteiger partial charge in [0.25, 0.3) is 0 Å². The van der Waals surface area contributed by atoms with Crippen molar-refractivity contribution in [1.82, 2.24) is 0 Å². The van der Waals surface area contributed by atoms with Crippen LogP contribution in [-0.2, 0) is 0 Å².